The summed E-state index contributed by atoms with van der Waals surface area (Å²) in [6.45, 7) is 1.64. The van der Waals surface area contributed by atoms with E-state index < -0.39 is 6.10 Å². The van der Waals surface area contributed by atoms with Gasteiger partial charge in [0.2, 0.25) is 0 Å². The van der Waals surface area contributed by atoms with Gasteiger partial charge in [0.15, 0.2) is 0 Å². The Morgan fingerprint density at radius 1 is 1.75 bits per heavy atom. The molecule has 0 radical (unpaired) electrons. The SMILES string of the molecule is CC(O)/C=C/CC=O. The summed E-state index contributed by atoms with van der Waals surface area (Å²) in [6, 6.07) is 0. The van der Waals surface area contributed by atoms with Crippen molar-refractivity contribution < 1.29 is 9.90 Å². The van der Waals surface area contributed by atoms with Crippen molar-refractivity contribution in [3.05, 3.63) is 12.2 Å². The lowest BCUT2D eigenvalue weighted by Crippen LogP contribution is -1.91. The number of aldehydes is 1. The minimum absolute atomic E-state index is 0.394. The van der Waals surface area contributed by atoms with Crippen molar-refractivity contribution in [1.82, 2.24) is 0 Å². The fourth-order valence-electron chi connectivity index (χ4n) is 0.331. The van der Waals surface area contributed by atoms with Gasteiger partial charge in [0.05, 0.1) is 6.10 Å². The first-order chi connectivity index (χ1) is 3.77. The molecule has 0 fully saturated rings. The zero-order valence-corrected chi connectivity index (χ0v) is 4.87. The van der Waals surface area contributed by atoms with Crippen LogP contribution < -0.4 is 0 Å². The zero-order chi connectivity index (χ0) is 6.41. The average Bonchev–Trinajstić information content (AvgIpc) is 1.66. The third kappa shape index (κ3) is 5.37. The normalized spacial score (nSPS) is 14.2. The lowest BCUT2D eigenvalue weighted by atomic mass is 10.3. The van der Waals surface area contributed by atoms with Crippen molar-refractivity contribution in [2.45, 2.75) is 19.4 Å². The number of hydrogen-bond acceptors (Lipinski definition) is 2. The number of carbonyl (C=O) groups excluding carboxylic acids is 1. The summed E-state index contributed by atoms with van der Waals surface area (Å²) in [5, 5.41) is 8.58. The smallest absolute Gasteiger partial charge is 0.123 e. The van der Waals surface area contributed by atoms with E-state index in [1.807, 2.05) is 0 Å². The number of carbonyl (C=O) groups is 1. The van der Waals surface area contributed by atoms with E-state index in [2.05, 4.69) is 0 Å². The van der Waals surface area contributed by atoms with Crippen LogP contribution in [-0.2, 0) is 4.79 Å². The minimum Gasteiger partial charge on any atom is -0.389 e. The standard InChI is InChI=1S/C6H10O2/c1-6(8)4-2-3-5-7/h2,4-6,8H,3H2,1H3/b4-2+. The molecular formula is C6H10O2. The maximum absolute atomic E-state index is 9.65. The van der Waals surface area contributed by atoms with Gasteiger partial charge in [-0.2, -0.15) is 0 Å². The molecule has 8 heavy (non-hydrogen) atoms. The Morgan fingerprint density at radius 2 is 2.38 bits per heavy atom. The van der Waals surface area contributed by atoms with E-state index in [-0.39, 0.29) is 0 Å². The second-order valence-electron chi connectivity index (χ2n) is 1.57. The lowest BCUT2D eigenvalue weighted by Gasteiger charge is -1.88. The van der Waals surface area contributed by atoms with Crippen molar-refractivity contribution in [3.8, 4) is 0 Å². The second kappa shape index (κ2) is 4.53. The number of aliphatic hydroxyl groups excluding tert-OH is 1. The molecular weight excluding hydrogens is 104 g/mol. The summed E-state index contributed by atoms with van der Waals surface area (Å²) in [6.07, 6.45) is 3.96. The van der Waals surface area contributed by atoms with Gasteiger partial charge in [-0.3, -0.25) is 0 Å². The highest BCUT2D eigenvalue weighted by molar-refractivity contribution is 5.51. The van der Waals surface area contributed by atoms with Crippen LogP contribution in [0.1, 0.15) is 13.3 Å². The molecule has 0 rings (SSSR count). The van der Waals surface area contributed by atoms with E-state index in [0.29, 0.717) is 6.42 Å². The highest BCUT2D eigenvalue weighted by atomic mass is 16.3. The van der Waals surface area contributed by atoms with Crippen molar-refractivity contribution in [3.63, 3.8) is 0 Å². The molecule has 0 aromatic heterocycles. The molecule has 46 valence electrons. The quantitative estimate of drug-likeness (QED) is 0.429. The molecule has 0 heterocycles. The molecule has 0 aliphatic heterocycles. The van der Waals surface area contributed by atoms with Crippen LogP contribution in [0.5, 0.6) is 0 Å². The van der Waals surface area contributed by atoms with E-state index >= 15 is 0 Å². The monoisotopic (exact) mass is 114 g/mol. The largest absolute Gasteiger partial charge is 0.389 e. The van der Waals surface area contributed by atoms with Gasteiger partial charge in [-0.05, 0) is 6.92 Å². The molecule has 0 saturated heterocycles. The first kappa shape index (κ1) is 7.37. The van der Waals surface area contributed by atoms with Gasteiger partial charge in [0.25, 0.3) is 0 Å². The Morgan fingerprint density at radius 3 is 2.75 bits per heavy atom. The van der Waals surface area contributed by atoms with Crippen LogP contribution in [-0.4, -0.2) is 17.5 Å². The van der Waals surface area contributed by atoms with Crippen molar-refractivity contribution >= 4 is 6.29 Å². The summed E-state index contributed by atoms with van der Waals surface area (Å²) in [5.41, 5.74) is 0. The predicted octanol–water partition coefficient (Wildman–Crippen LogP) is 0.512. The van der Waals surface area contributed by atoms with Crippen LogP contribution >= 0.6 is 0 Å². The van der Waals surface area contributed by atoms with Crippen LogP contribution in [0.3, 0.4) is 0 Å². The topological polar surface area (TPSA) is 37.3 Å². The maximum Gasteiger partial charge on any atom is 0.123 e. The van der Waals surface area contributed by atoms with Crippen LogP contribution in [0.25, 0.3) is 0 Å². The van der Waals surface area contributed by atoms with Gasteiger partial charge in [0.1, 0.15) is 6.29 Å². The molecule has 0 aromatic rings. The Hall–Kier alpha value is -0.630. The fourth-order valence-corrected chi connectivity index (χ4v) is 0.331. The Labute approximate surface area is 48.8 Å². The van der Waals surface area contributed by atoms with E-state index in [9.17, 15) is 4.79 Å². The van der Waals surface area contributed by atoms with Crippen molar-refractivity contribution in [2.24, 2.45) is 0 Å². The lowest BCUT2D eigenvalue weighted by molar-refractivity contribution is -0.107. The third-order valence-electron chi connectivity index (χ3n) is 0.647. The molecule has 1 N–H and O–H groups in total. The predicted molar refractivity (Wildman–Crippen MR) is 31.5 cm³/mol. The molecule has 0 aromatic carbocycles. The van der Waals surface area contributed by atoms with Gasteiger partial charge >= 0.3 is 0 Å². The summed E-state index contributed by atoms with van der Waals surface area (Å²) in [7, 11) is 0. The van der Waals surface area contributed by atoms with E-state index in [1.54, 1.807) is 19.1 Å². The zero-order valence-electron chi connectivity index (χ0n) is 4.87. The van der Waals surface area contributed by atoms with Crippen molar-refractivity contribution in [2.75, 3.05) is 0 Å². The van der Waals surface area contributed by atoms with E-state index in [0.717, 1.165) is 6.29 Å². The summed E-state index contributed by atoms with van der Waals surface area (Å²) < 4.78 is 0. The van der Waals surface area contributed by atoms with Crippen LogP contribution in [0.4, 0.5) is 0 Å². The Kier molecular flexibility index (Phi) is 4.17. The first-order valence-electron chi connectivity index (χ1n) is 2.55. The van der Waals surface area contributed by atoms with E-state index in [4.69, 9.17) is 5.11 Å². The summed E-state index contributed by atoms with van der Waals surface area (Å²) in [5.74, 6) is 0. The Balaban J connectivity index is 3.19. The van der Waals surface area contributed by atoms with Gasteiger partial charge in [0, 0.05) is 6.42 Å². The van der Waals surface area contributed by atoms with Gasteiger partial charge in [-0.15, -0.1) is 0 Å². The molecule has 1 atom stereocenters. The number of aliphatic hydroxyl groups is 1. The van der Waals surface area contributed by atoms with Gasteiger partial charge < -0.3 is 9.90 Å². The van der Waals surface area contributed by atoms with Crippen LogP contribution in [0.2, 0.25) is 0 Å². The van der Waals surface area contributed by atoms with Gasteiger partial charge in [-0.25, -0.2) is 0 Å². The molecule has 0 aliphatic rings. The summed E-state index contributed by atoms with van der Waals surface area (Å²) in [4.78, 5) is 9.65. The minimum atomic E-state index is -0.435. The number of rotatable bonds is 3. The average molecular weight is 114 g/mol. The molecule has 2 nitrogen and oxygen atoms in total. The van der Waals surface area contributed by atoms with Crippen molar-refractivity contribution in [1.29, 1.82) is 0 Å². The number of allylic oxidation sites excluding steroid dienone is 1. The molecule has 1 unspecified atom stereocenters. The third-order valence-corrected chi connectivity index (χ3v) is 0.647. The molecule has 0 aliphatic carbocycles. The highest BCUT2D eigenvalue weighted by Crippen LogP contribution is 1.83. The fraction of sp³-hybridized carbons (Fsp3) is 0.500. The van der Waals surface area contributed by atoms with Gasteiger partial charge in [-0.1, -0.05) is 12.2 Å². The molecule has 0 saturated carbocycles. The molecule has 0 amide bonds. The first-order valence-corrected chi connectivity index (χ1v) is 2.55. The van der Waals surface area contributed by atoms with Crippen LogP contribution in [0.15, 0.2) is 12.2 Å². The molecule has 2 heteroatoms. The second-order valence-corrected chi connectivity index (χ2v) is 1.57. The number of hydrogen-bond donors (Lipinski definition) is 1. The highest BCUT2D eigenvalue weighted by Gasteiger charge is 1.81. The molecule has 0 bridgehead atoms. The Bertz CT molecular complexity index is 84.5. The molecule has 0 spiro atoms. The maximum atomic E-state index is 9.65. The van der Waals surface area contributed by atoms with E-state index in [1.165, 1.54) is 0 Å². The van der Waals surface area contributed by atoms with Crippen LogP contribution in [0, 0.1) is 0 Å². The summed E-state index contributed by atoms with van der Waals surface area (Å²) >= 11 is 0.